The number of benzene rings is 1. The molecule has 1 fully saturated rings. The summed E-state index contributed by atoms with van der Waals surface area (Å²) in [6.45, 7) is 7.83. The van der Waals surface area contributed by atoms with Crippen molar-refractivity contribution >= 4 is 5.91 Å². The van der Waals surface area contributed by atoms with Crippen LogP contribution in [-0.4, -0.2) is 55.7 Å². The summed E-state index contributed by atoms with van der Waals surface area (Å²) in [6.07, 6.45) is 3.66. The molecule has 1 aromatic heterocycles. The average Bonchev–Trinajstić information content (AvgIpc) is 2.76. The predicted octanol–water partition coefficient (Wildman–Crippen LogP) is 3.02. The molecule has 156 valence electrons. The number of carbonyl (C=O) groups excluding carboxylic acids is 1. The third-order valence-corrected chi connectivity index (χ3v) is 5.45. The predicted molar refractivity (Wildman–Crippen MR) is 113 cm³/mol. The second-order valence-electron chi connectivity index (χ2n) is 7.69. The van der Waals surface area contributed by atoms with Crippen molar-refractivity contribution in [2.24, 2.45) is 5.92 Å². The first-order chi connectivity index (χ1) is 14.1. The lowest BCUT2D eigenvalue weighted by molar-refractivity contribution is -0.123. The van der Waals surface area contributed by atoms with E-state index in [0.29, 0.717) is 19.8 Å². The van der Waals surface area contributed by atoms with E-state index in [1.807, 2.05) is 36.5 Å². The molecule has 0 saturated carbocycles. The third-order valence-electron chi connectivity index (χ3n) is 5.45. The highest BCUT2D eigenvalue weighted by Gasteiger charge is 2.27. The van der Waals surface area contributed by atoms with Gasteiger partial charge in [0.05, 0.1) is 32.3 Å². The smallest absolute Gasteiger partial charge is 0.227 e. The molecular formula is C23H31N3O3. The molecule has 1 amide bonds. The lowest BCUT2D eigenvalue weighted by atomic mass is 9.87. The van der Waals surface area contributed by atoms with Crippen molar-refractivity contribution in [1.82, 2.24) is 15.2 Å². The van der Waals surface area contributed by atoms with E-state index in [1.165, 1.54) is 0 Å². The minimum atomic E-state index is -0.208. The Morgan fingerprint density at radius 1 is 1.17 bits per heavy atom. The average molecular weight is 398 g/mol. The Morgan fingerprint density at radius 2 is 1.90 bits per heavy atom. The van der Waals surface area contributed by atoms with Crippen molar-refractivity contribution in [2.45, 2.75) is 25.8 Å². The van der Waals surface area contributed by atoms with Gasteiger partial charge in [0.2, 0.25) is 5.91 Å². The zero-order valence-electron chi connectivity index (χ0n) is 17.5. The molecule has 1 N–H and O–H groups in total. The van der Waals surface area contributed by atoms with E-state index in [4.69, 9.17) is 9.47 Å². The first-order valence-corrected chi connectivity index (χ1v) is 10.2. The number of aromatic nitrogens is 1. The van der Waals surface area contributed by atoms with Crippen molar-refractivity contribution in [3.05, 3.63) is 59.9 Å². The van der Waals surface area contributed by atoms with Crippen molar-refractivity contribution < 1.29 is 14.3 Å². The molecule has 1 aromatic carbocycles. The molecule has 1 aliphatic heterocycles. The van der Waals surface area contributed by atoms with Crippen LogP contribution in [0.25, 0.3) is 0 Å². The first-order valence-electron chi connectivity index (χ1n) is 10.2. The number of morpholine rings is 1. The molecule has 2 atom stereocenters. The number of methoxy groups -OCH3 is 1. The standard InChI is InChI=1S/C23H31N3O3/c1-17(2)22(18-6-8-20(28-3)9-7-18)23(27)25-16-21(19-5-4-10-24-15-19)26-11-13-29-14-12-26/h4-10,15,17,21-22H,11-14,16H2,1-3H3,(H,25,27). The maximum atomic E-state index is 13.2. The van der Waals surface area contributed by atoms with Gasteiger partial charge in [0.15, 0.2) is 0 Å². The highest BCUT2D eigenvalue weighted by molar-refractivity contribution is 5.84. The van der Waals surface area contributed by atoms with Crippen LogP contribution in [0.15, 0.2) is 48.8 Å². The molecule has 6 nitrogen and oxygen atoms in total. The van der Waals surface area contributed by atoms with Crippen molar-refractivity contribution in [3.63, 3.8) is 0 Å². The summed E-state index contributed by atoms with van der Waals surface area (Å²) in [6, 6.07) is 11.9. The number of carbonyl (C=O) groups is 1. The summed E-state index contributed by atoms with van der Waals surface area (Å²) >= 11 is 0. The summed E-state index contributed by atoms with van der Waals surface area (Å²) in [4.78, 5) is 19.8. The zero-order chi connectivity index (χ0) is 20.6. The Morgan fingerprint density at radius 3 is 2.48 bits per heavy atom. The molecule has 0 radical (unpaired) electrons. The van der Waals surface area contributed by atoms with Crippen LogP contribution in [0.3, 0.4) is 0 Å². The number of amides is 1. The monoisotopic (exact) mass is 397 g/mol. The van der Waals surface area contributed by atoms with Crippen molar-refractivity contribution in [2.75, 3.05) is 40.0 Å². The Labute approximate surface area is 173 Å². The fourth-order valence-electron chi connectivity index (χ4n) is 3.88. The van der Waals surface area contributed by atoms with Gasteiger partial charge in [-0.3, -0.25) is 14.7 Å². The minimum Gasteiger partial charge on any atom is -0.497 e. The quantitative estimate of drug-likeness (QED) is 0.742. The number of hydrogen-bond acceptors (Lipinski definition) is 5. The molecular weight excluding hydrogens is 366 g/mol. The number of nitrogens with one attached hydrogen (secondary N) is 1. The Balaban J connectivity index is 1.73. The maximum absolute atomic E-state index is 13.2. The first kappa shape index (κ1) is 21.3. The fourth-order valence-corrected chi connectivity index (χ4v) is 3.88. The van der Waals surface area contributed by atoms with Crippen LogP contribution in [-0.2, 0) is 9.53 Å². The summed E-state index contributed by atoms with van der Waals surface area (Å²) in [5.41, 5.74) is 2.11. The number of nitrogens with zero attached hydrogens (tertiary/aromatic N) is 2. The second kappa shape index (κ2) is 10.4. The van der Waals surface area contributed by atoms with Gasteiger partial charge >= 0.3 is 0 Å². The van der Waals surface area contributed by atoms with Crippen LogP contribution >= 0.6 is 0 Å². The summed E-state index contributed by atoms with van der Waals surface area (Å²) in [7, 11) is 1.64. The van der Waals surface area contributed by atoms with Gasteiger partial charge in [-0.15, -0.1) is 0 Å². The highest BCUT2D eigenvalue weighted by atomic mass is 16.5. The number of pyridine rings is 1. The van der Waals surface area contributed by atoms with E-state index in [1.54, 1.807) is 13.3 Å². The van der Waals surface area contributed by atoms with Crippen LogP contribution < -0.4 is 10.1 Å². The van der Waals surface area contributed by atoms with E-state index < -0.39 is 0 Å². The van der Waals surface area contributed by atoms with Crippen molar-refractivity contribution in [1.29, 1.82) is 0 Å². The normalized spacial score (nSPS) is 17.0. The molecule has 2 unspecified atom stereocenters. The van der Waals surface area contributed by atoms with Crippen LogP contribution in [0.1, 0.15) is 36.9 Å². The molecule has 2 aromatic rings. The minimum absolute atomic E-state index is 0.0484. The van der Waals surface area contributed by atoms with Gasteiger partial charge < -0.3 is 14.8 Å². The number of hydrogen-bond donors (Lipinski definition) is 1. The lowest BCUT2D eigenvalue weighted by Crippen LogP contribution is -2.44. The zero-order valence-corrected chi connectivity index (χ0v) is 17.5. The molecule has 3 rings (SSSR count). The molecule has 1 saturated heterocycles. The van der Waals surface area contributed by atoms with E-state index >= 15 is 0 Å². The van der Waals surface area contributed by atoms with Gasteiger partial charge in [-0.05, 0) is 35.2 Å². The van der Waals surface area contributed by atoms with E-state index in [-0.39, 0.29) is 23.8 Å². The van der Waals surface area contributed by atoms with E-state index in [9.17, 15) is 4.79 Å². The topological polar surface area (TPSA) is 63.7 Å². The van der Waals surface area contributed by atoms with Gasteiger partial charge in [0.25, 0.3) is 0 Å². The van der Waals surface area contributed by atoms with Crippen molar-refractivity contribution in [3.8, 4) is 5.75 Å². The molecule has 0 bridgehead atoms. The van der Waals surface area contributed by atoms with Crippen LogP contribution in [0.4, 0.5) is 0 Å². The largest absolute Gasteiger partial charge is 0.497 e. The Hall–Kier alpha value is -2.44. The van der Waals surface area contributed by atoms with E-state index in [2.05, 4.69) is 35.1 Å². The van der Waals surface area contributed by atoms with Gasteiger partial charge in [0.1, 0.15) is 5.75 Å². The van der Waals surface area contributed by atoms with Gasteiger partial charge in [-0.2, -0.15) is 0 Å². The fraction of sp³-hybridized carbons (Fsp3) is 0.478. The SMILES string of the molecule is COc1ccc(C(C(=O)NCC(c2cccnc2)N2CCOCC2)C(C)C)cc1. The number of ether oxygens (including phenoxy) is 2. The van der Waals surface area contributed by atoms with Gasteiger partial charge in [0, 0.05) is 32.0 Å². The lowest BCUT2D eigenvalue weighted by Gasteiger charge is -2.35. The number of rotatable bonds is 8. The van der Waals surface area contributed by atoms with Crippen LogP contribution in [0.5, 0.6) is 5.75 Å². The molecule has 1 aliphatic rings. The second-order valence-corrected chi connectivity index (χ2v) is 7.69. The molecule has 0 spiro atoms. The molecule has 29 heavy (non-hydrogen) atoms. The summed E-state index contributed by atoms with van der Waals surface area (Å²) in [5.74, 6) is 0.816. The summed E-state index contributed by atoms with van der Waals surface area (Å²) < 4.78 is 10.7. The molecule has 0 aliphatic carbocycles. The van der Waals surface area contributed by atoms with Gasteiger partial charge in [-0.1, -0.05) is 32.0 Å². The van der Waals surface area contributed by atoms with Crippen LogP contribution in [0, 0.1) is 5.92 Å². The third kappa shape index (κ3) is 5.55. The summed E-state index contributed by atoms with van der Waals surface area (Å²) in [5, 5.41) is 3.21. The molecule has 2 heterocycles. The highest BCUT2D eigenvalue weighted by Crippen LogP contribution is 2.27. The van der Waals surface area contributed by atoms with E-state index in [0.717, 1.165) is 30.0 Å². The Kier molecular flexibility index (Phi) is 7.61. The molecule has 6 heteroatoms. The Bertz CT molecular complexity index is 759. The van der Waals surface area contributed by atoms with Gasteiger partial charge in [-0.25, -0.2) is 0 Å². The maximum Gasteiger partial charge on any atom is 0.227 e. The van der Waals surface area contributed by atoms with Crippen LogP contribution in [0.2, 0.25) is 0 Å².